The zero-order chi connectivity index (χ0) is 17.7. The third kappa shape index (κ3) is 3.53. The smallest absolute Gasteiger partial charge is 0.332 e. The molecule has 0 bridgehead atoms. The Balaban J connectivity index is 2.55. The van der Waals surface area contributed by atoms with Crippen molar-refractivity contribution in [2.75, 3.05) is 30.4 Å². The first-order valence-electron chi connectivity index (χ1n) is 7.69. The average Bonchev–Trinajstić information content (AvgIpc) is 2.55. The Hall–Kier alpha value is -2.90. The molecule has 2 rings (SSSR count). The van der Waals surface area contributed by atoms with Crippen molar-refractivity contribution in [1.82, 2.24) is 9.97 Å². The molecule has 2 aromatic rings. The van der Waals surface area contributed by atoms with E-state index in [0.717, 1.165) is 0 Å². The lowest BCUT2D eigenvalue weighted by atomic mass is 10.2. The highest BCUT2D eigenvalue weighted by atomic mass is 16.6. The molecule has 1 heterocycles. The van der Waals surface area contributed by atoms with Crippen LogP contribution in [0.1, 0.15) is 19.5 Å². The molecule has 0 atom stereocenters. The van der Waals surface area contributed by atoms with Crippen molar-refractivity contribution >= 4 is 23.1 Å². The third-order valence-corrected chi connectivity index (χ3v) is 3.64. The summed E-state index contributed by atoms with van der Waals surface area (Å²) in [6, 6.07) is 7.19. The summed E-state index contributed by atoms with van der Waals surface area (Å²) in [6.45, 7) is 7.00. The SMILES string of the molecule is CCN(CC)c1nc(C)c([N+](=O)[O-])c(Nc2ccccc2OC)n1. The molecule has 0 aliphatic rings. The highest BCUT2D eigenvalue weighted by molar-refractivity contribution is 5.71. The van der Waals surface area contributed by atoms with E-state index in [1.807, 2.05) is 30.9 Å². The van der Waals surface area contributed by atoms with Gasteiger partial charge in [0.2, 0.25) is 11.8 Å². The van der Waals surface area contributed by atoms with Crippen LogP contribution in [0.15, 0.2) is 24.3 Å². The Bertz CT molecular complexity index is 732. The average molecular weight is 331 g/mol. The van der Waals surface area contributed by atoms with Crippen molar-refractivity contribution in [3.05, 3.63) is 40.1 Å². The number of nitrogens with one attached hydrogen (secondary N) is 1. The molecular weight excluding hydrogens is 310 g/mol. The normalized spacial score (nSPS) is 10.3. The number of ether oxygens (including phenoxy) is 1. The Labute approximate surface area is 140 Å². The summed E-state index contributed by atoms with van der Waals surface area (Å²) >= 11 is 0. The second-order valence-corrected chi connectivity index (χ2v) is 5.06. The van der Waals surface area contributed by atoms with Gasteiger partial charge in [-0.15, -0.1) is 0 Å². The van der Waals surface area contributed by atoms with E-state index in [2.05, 4.69) is 15.3 Å². The fraction of sp³-hybridized carbons (Fsp3) is 0.375. The van der Waals surface area contributed by atoms with Gasteiger partial charge < -0.3 is 15.0 Å². The first-order chi connectivity index (χ1) is 11.5. The number of methoxy groups -OCH3 is 1. The largest absolute Gasteiger partial charge is 0.495 e. The molecule has 128 valence electrons. The van der Waals surface area contributed by atoms with Crippen molar-refractivity contribution in [1.29, 1.82) is 0 Å². The molecule has 1 aromatic carbocycles. The summed E-state index contributed by atoms with van der Waals surface area (Å²) in [4.78, 5) is 21.6. The van der Waals surface area contributed by atoms with Crippen LogP contribution in [0.25, 0.3) is 0 Å². The van der Waals surface area contributed by atoms with Crippen molar-refractivity contribution in [3.8, 4) is 5.75 Å². The summed E-state index contributed by atoms with van der Waals surface area (Å²) in [6.07, 6.45) is 0. The second-order valence-electron chi connectivity index (χ2n) is 5.06. The van der Waals surface area contributed by atoms with Crippen molar-refractivity contribution in [2.24, 2.45) is 0 Å². The number of aromatic nitrogens is 2. The van der Waals surface area contributed by atoms with Crippen LogP contribution in [0.5, 0.6) is 5.75 Å². The maximum atomic E-state index is 11.4. The predicted molar refractivity (Wildman–Crippen MR) is 93.3 cm³/mol. The molecule has 8 heteroatoms. The first-order valence-corrected chi connectivity index (χ1v) is 7.69. The van der Waals surface area contributed by atoms with Gasteiger partial charge in [0.15, 0.2) is 0 Å². The van der Waals surface area contributed by atoms with Crippen molar-refractivity contribution < 1.29 is 9.66 Å². The Kier molecular flexibility index (Phi) is 5.51. The minimum absolute atomic E-state index is 0.142. The first kappa shape index (κ1) is 17.5. The quantitative estimate of drug-likeness (QED) is 0.614. The van der Waals surface area contributed by atoms with E-state index in [-0.39, 0.29) is 11.5 Å². The lowest BCUT2D eigenvalue weighted by Gasteiger charge is -2.20. The van der Waals surface area contributed by atoms with Crippen LogP contribution in [0.4, 0.5) is 23.1 Å². The molecule has 0 radical (unpaired) electrons. The summed E-state index contributed by atoms with van der Waals surface area (Å²) < 4.78 is 5.28. The highest BCUT2D eigenvalue weighted by Gasteiger charge is 2.24. The van der Waals surface area contributed by atoms with E-state index in [1.54, 1.807) is 26.2 Å². The summed E-state index contributed by atoms with van der Waals surface area (Å²) in [7, 11) is 1.54. The van der Waals surface area contributed by atoms with Gasteiger partial charge in [-0.3, -0.25) is 10.1 Å². The fourth-order valence-electron chi connectivity index (χ4n) is 2.38. The third-order valence-electron chi connectivity index (χ3n) is 3.64. The molecule has 0 aliphatic heterocycles. The van der Waals surface area contributed by atoms with Crippen LogP contribution >= 0.6 is 0 Å². The number of hydrogen-bond donors (Lipinski definition) is 1. The fourth-order valence-corrected chi connectivity index (χ4v) is 2.38. The summed E-state index contributed by atoms with van der Waals surface area (Å²) in [5.74, 6) is 1.19. The van der Waals surface area contributed by atoms with Crippen LogP contribution in [-0.2, 0) is 0 Å². The minimum atomic E-state index is -0.473. The van der Waals surface area contributed by atoms with E-state index >= 15 is 0 Å². The van der Waals surface area contributed by atoms with Crippen molar-refractivity contribution in [2.45, 2.75) is 20.8 Å². The number of nitrogens with zero attached hydrogens (tertiary/aromatic N) is 4. The van der Waals surface area contributed by atoms with E-state index in [4.69, 9.17) is 4.74 Å². The maximum absolute atomic E-state index is 11.4. The molecule has 1 aromatic heterocycles. The van der Waals surface area contributed by atoms with E-state index in [1.165, 1.54) is 0 Å². The second kappa shape index (κ2) is 7.58. The number of nitro groups is 1. The zero-order valence-corrected chi connectivity index (χ0v) is 14.2. The molecule has 0 saturated carbocycles. The van der Waals surface area contributed by atoms with Gasteiger partial charge in [0.25, 0.3) is 0 Å². The highest BCUT2D eigenvalue weighted by Crippen LogP contribution is 2.33. The monoisotopic (exact) mass is 331 g/mol. The summed E-state index contributed by atoms with van der Waals surface area (Å²) in [5.41, 5.74) is 0.776. The molecule has 24 heavy (non-hydrogen) atoms. The summed E-state index contributed by atoms with van der Waals surface area (Å²) in [5, 5.41) is 14.5. The van der Waals surface area contributed by atoms with Crippen LogP contribution in [0.3, 0.4) is 0 Å². The molecular formula is C16H21N5O3. The topological polar surface area (TPSA) is 93.4 Å². The van der Waals surface area contributed by atoms with Crippen LogP contribution < -0.4 is 15.0 Å². The Morgan fingerprint density at radius 2 is 1.92 bits per heavy atom. The van der Waals surface area contributed by atoms with E-state index in [0.29, 0.717) is 36.2 Å². The van der Waals surface area contributed by atoms with Crippen LogP contribution in [-0.4, -0.2) is 35.1 Å². The molecule has 8 nitrogen and oxygen atoms in total. The number of rotatable bonds is 7. The van der Waals surface area contributed by atoms with E-state index < -0.39 is 4.92 Å². The van der Waals surface area contributed by atoms with Gasteiger partial charge in [-0.1, -0.05) is 12.1 Å². The number of aryl methyl sites for hydroxylation is 1. The van der Waals surface area contributed by atoms with Gasteiger partial charge in [-0.05, 0) is 32.9 Å². The number of anilines is 3. The zero-order valence-electron chi connectivity index (χ0n) is 14.2. The minimum Gasteiger partial charge on any atom is -0.495 e. The van der Waals surface area contributed by atoms with Gasteiger partial charge in [-0.25, -0.2) is 4.98 Å². The Morgan fingerprint density at radius 1 is 1.25 bits per heavy atom. The number of benzene rings is 1. The molecule has 0 amide bonds. The lowest BCUT2D eigenvalue weighted by Crippen LogP contribution is -2.25. The molecule has 0 saturated heterocycles. The maximum Gasteiger partial charge on any atom is 0.332 e. The van der Waals surface area contributed by atoms with Crippen molar-refractivity contribution in [3.63, 3.8) is 0 Å². The molecule has 0 aliphatic carbocycles. The van der Waals surface area contributed by atoms with Gasteiger partial charge in [0.05, 0.1) is 17.7 Å². The molecule has 1 N–H and O–H groups in total. The van der Waals surface area contributed by atoms with Gasteiger partial charge in [0, 0.05) is 13.1 Å². The van der Waals surface area contributed by atoms with Crippen LogP contribution in [0, 0.1) is 17.0 Å². The number of hydrogen-bond acceptors (Lipinski definition) is 7. The Morgan fingerprint density at radius 3 is 2.50 bits per heavy atom. The molecule has 0 spiro atoms. The van der Waals surface area contributed by atoms with Gasteiger partial charge >= 0.3 is 5.69 Å². The van der Waals surface area contributed by atoms with Crippen LogP contribution in [0.2, 0.25) is 0 Å². The molecule has 0 unspecified atom stereocenters. The van der Waals surface area contributed by atoms with E-state index in [9.17, 15) is 10.1 Å². The lowest BCUT2D eigenvalue weighted by molar-refractivity contribution is -0.385. The standard InChI is InChI=1S/C16H21N5O3/c1-5-20(6-2)16-17-11(3)14(21(22)23)15(19-16)18-12-9-7-8-10-13(12)24-4/h7-10H,5-6H2,1-4H3,(H,17,18,19). The number of para-hydroxylation sites is 2. The molecule has 0 fully saturated rings. The van der Waals surface area contributed by atoms with Gasteiger partial charge in [0.1, 0.15) is 11.4 Å². The predicted octanol–water partition coefficient (Wildman–Crippen LogP) is 3.29. The van der Waals surface area contributed by atoms with Gasteiger partial charge in [-0.2, -0.15) is 4.98 Å².